The van der Waals surface area contributed by atoms with Crippen molar-refractivity contribution in [2.45, 2.75) is 45.8 Å². The van der Waals surface area contributed by atoms with E-state index in [-0.39, 0.29) is 11.9 Å². The first-order chi connectivity index (χ1) is 11.2. The van der Waals surface area contributed by atoms with Gasteiger partial charge in [-0.25, -0.2) is 4.79 Å². The summed E-state index contributed by atoms with van der Waals surface area (Å²) in [7, 11) is 0. The Hall–Kier alpha value is -2.38. The van der Waals surface area contributed by atoms with E-state index in [0.717, 1.165) is 13.0 Å². The molecule has 2 atom stereocenters. The molecule has 132 valence electrons. The number of alkyl carbamates (subject to hydrolysis) is 1. The number of nitro groups is 1. The van der Waals surface area contributed by atoms with E-state index in [9.17, 15) is 14.9 Å². The number of ether oxygens (including phenoxy) is 1. The molecule has 24 heavy (non-hydrogen) atoms. The predicted octanol–water partition coefficient (Wildman–Crippen LogP) is 2.73. The van der Waals surface area contributed by atoms with Gasteiger partial charge in [0.2, 0.25) is 5.82 Å². The topological polar surface area (TPSA) is 97.6 Å². The van der Waals surface area contributed by atoms with Crippen molar-refractivity contribution in [2.24, 2.45) is 5.92 Å². The maximum absolute atomic E-state index is 11.9. The van der Waals surface area contributed by atoms with Crippen molar-refractivity contribution in [3.63, 3.8) is 0 Å². The number of hydrogen-bond acceptors (Lipinski definition) is 6. The van der Waals surface area contributed by atoms with Gasteiger partial charge in [-0.3, -0.25) is 0 Å². The molecule has 1 aliphatic heterocycles. The molecule has 1 N–H and O–H groups in total. The van der Waals surface area contributed by atoms with Crippen LogP contribution in [0, 0.1) is 16.0 Å². The smallest absolute Gasteiger partial charge is 0.407 e. The number of nitrogens with one attached hydrogen (secondary N) is 1. The van der Waals surface area contributed by atoms with E-state index in [4.69, 9.17) is 4.74 Å². The molecule has 2 rings (SSSR count). The molecule has 1 amide bonds. The zero-order valence-electron chi connectivity index (χ0n) is 14.5. The molecule has 1 fully saturated rings. The summed E-state index contributed by atoms with van der Waals surface area (Å²) in [5.41, 5.74) is -0.549. The number of hydrogen-bond donors (Lipinski definition) is 1. The lowest BCUT2D eigenvalue weighted by Gasteiger charge is -2.27. The van der Waals surface area contributed by atoms with Crippen molar-refractivity contribution in [3.8, 4) is 0 Å². The third-order valence-electron chi connectivity index (χ3n) is 3.94. The zero-order chi connectivity index (χ0) is 17.9. The number of rotatable bonds is 4. The molecule has 1 saturated heterocycles. The van der Waals surface area contributed by atoms with Gasteiger partial charge in [0.1, 0.15) is 5.60 Å². The van der Waals surface area contributed by atoms with Crippen molar-refractivity contribution in [3.05, 3.63) is 28.3 Å². The maximum atomic E-state index is 11.9. The molecular formula is C16H24N4O4. The molecule has 0 radical (unpaired) electrons. The molecule has 0 saturated carbocycles. The molecule has 1 aromatic rings. The number of carbonyl (C=O) groups excluding carboxylic acids is 1. The van der Waals surface area contributed by atoms with Crippen LogP contribution >= 0.6 is 0 Å². The average molecular weight is 336 g/mol. The van der Waals surface area contributed by atoms with E-state index in [0.29, 0.717) is 18.3 Å². The van der Waals surface area contributed by atoms with Gasteiger partial charge >= 0.3 is 11.9 Å². The number of pyridine rings is 1. The highest BCUT2D eigenvalue weighted by atomic mass is 16.6. The highest BCUT2D eigenvalue weighted by molar-refractivity contribution is 5.67. The largest absolute Gasteiger partial charge is 0.444 e. The molecular weight excluding hydrogens is 312 g/mol. The number of anilines is 1. The van der Waals surface area contributed by atoms with Crippen LogP contribution in [0.15, 0.2) is 18.2 Å². The lowest BCUT2D eigenvalue weighted by molar-refractivity contribution is -0.389. The fraction of sp³-hybridized carbons (Fsp3) is 0.625. The molecule has 0 bridgehead atoms. The Bertz CT molecular complexity index is 614. The van der Waals surface area contributed by atoms with E-state index in [1.165, 1.54) is 6.07 Å². The minimum absolute atomic E-state index is 0.0204. The van der Waals surface area contributed by atoms with Crippen molar-refractivity contribution in [1.29, 1.82) is 0 Å². The molecule has 0 aliphatic carbocycles. The number of nitrogens with zero attached hydrogens (tertiary/aromatic N) is 3. The molecule has 8 heteroatoms. The first-order valence-corrected chi connectivity index (χ1v) is 8.02. The molecule has 8 nitrogen and oxygen atoms in total. The Kier molecular flexibility index (Phi) is 5.26. The summed E-state index contributed by atoms with van der Waals surface area (Å²) >= 11 is 0. The monoisotopic (exact) mass is 336 g/mol. The van der Waals surface area contributed by atoms with Crippen LogP contribution in [0.1, 0.15) is 34.1 Å². The summed E-state index contributed by atoms with van der Waals surface area (Å²) in [5, 5.41) is 13.7. The minimum atomic E-state index is -0.549. The third kappa shape index (κ3) is 4.56. The number of amides is 1. The molecule has 0 aromatic carbocycles. The average Bonchev–Trinajstić information content (AvgIpc) is 2.84. The zero-order valence-corrected chi connectivity index (χ0v) is 14.5. The minimum Gasteiger partial charge on any atom is -0.444 e. The predicted molar refractivity (Wildman–Crippen MR) is 90.0 cm³/mol. The van der Waals surface area contributed by atoms with Crippen molar-refractivity contribution in [1.82, 2.24) is 10.3 Å². The Morgan fingerprint density at radius 3 is 2.83 bits per heavy atom. The Balaban J connectivity index is 2.06. The summed E-state index contributed by atoms with van der Waals surface area (Å²) < 4.78 is 5.25. The van der Waals surface area contributed by atoms with Gasteiger partial charge in [-0.15, -0.1) is 0 Å². The lowest BCUT2D eigenvalue weighted by atomic mass is 10.0. The van der Waals surface area contributed by atoms with Gasteiger partial charge in [0, 0.05) is 25.2 Å². The quantitative estimate of drug-likeness (QED) is 0.670. The van der Waals surface area contributed by atoms with Crippen molar-refractivity contribution >= 4 is 17.7 Å². The van der Waals surface area contributed by atoms with E-state index < -0.39 is 16.6 Å². The van der Waals surface area contributed by atoms with Gasteiger partial charge in [0.05, 0.1) is 6.04 Å². The summed E-state index contributed by atoms with van der Waals surface area (Å²) in [6.07, 6.45) is 0.471. The number of carbonyl (C=O) groups is 1. The first-order valence-electron chi connectivity index (χ1n) is 8.02. The van der Waals surface area contributed by atoms with Gasteiger partial charge in [-0.2, -0.15) is 0 Å². The molecule has 2 heterocycles. The van der Waals surface area contributed by atoms with Gasteiger partial charge in [-0.1, -0.05) is 6.92 Å². The Morgan fingerprint density at radius 1 is 1.50 bits per heavy atom. The Morgan fingerprint density at radius 2 is 2.21 bits per heavy atom. The fourth-order valence-corrected chi connectivity index (χ4v) is 2.78. The van der Waals surface area contributed by atoms with Crippen LogP contribution in [0.3, 0.4) is 0 Å². The molecule has 2 unspecified atom stereocenters. The van der Waals surface area contributed by atoms with Gasteiger partial charge < -0.3 is 25.1 Å². The van der Waals surface area contributed by atoms with Gasteiger partial charge in [0.25, 0.3) is 0 Å². The summed E-state index contributed by atoms with van der Waals surface area (Å²) in [6, 6.07) is 4.77. The molecule has 0 spiro atoms. The first kappa shape index (κ1) is 18.0. The van der Waals surface area contributed by atoms with Crippen LogP contribution in [-0.2, 0) is 4.74 Å². The van der Waals surface area contributed by atoms with Crippen LogP contribution < -0.4 is 10.2 Å². The second kappa shape index (κ2) is 7.02. The van der Waals surface area contributed by atoms with Crippen LogP contribution in [0.2, 0.25) is 0 Å². The Labute approximate surface area is 141 Å². The number of aromatic nitrogens is 1. The van der Waals surface area contributed by atoms with Crippen molar-refractivity contribution in [2.75, 3.05) is 18.0 Å². The summed E-state index contributed by atoms with van der Waals surface area (Å²) in [6.45, 7) is 8.67. The second-order valence-electron chi connectivity index (χ2n) is 7.02. The third-order valence-corrected chi connectivity index (χ3v) is 3.94. The fourth-order valence-electron chi connectivity index (χ4n) is 2.78. The highest BCUT2D eigenvalue weighted by Crippen LogP contribution is 2.29. The summed E-state index contributed by atoms with van der Waals surface area (Å²) in [5.74, 6) is 0.719. The SMILES string of the molecule is CC1CCN(c2cccc([N+](=O)[O-])n2)C1CNC(=O)OC(C)(C)C. The van der Waals surface area contributed by atoms with Gasteiger partial charge in [0.15, 0.2) is 0 Å². The van der Waals surface area contributed by atoms with E-state index >= 15 is 0 Å². The van der Waals surface area contributed by atoms with Gasteiger partial charge in [-0.05, 0) is 49.1 Å². The highest BCUT2D eigenvalue weighted by Gasteiger charge is 2.34. The standard InChI is InChI=1S/C16H24N4O4/c1-11-8-9-19(13-6-5-7-14(18-13)20(22)23)12(11)10-17-15(21)24-16(2,3)4/h5-7,11-12H,8-10H2,1-4H3,(H,17,21). The van der Waals surface area contributed by atoms with Crippen LogP contribution in [0.25, 0.3) is 0 Å². The molecule has 1 aromatic heterocycles. The second-order valence-corrected chi connectivity index (χ2v) is 7.02. The lowest BCUT2D eigenvalue weighted by Crippen LogP contribution is -2.44. The van der Waals surface area contributed by atoms with Crippen LogP contribution in [0.5, 0.6) is 0 Å². The normalized spacial score (nSPS) is 20.8. The van der Waals surface area contributed by atoms with Crippen LogP contribution in [-0.4, -0.2) is 40.7 Å². The van der Waals surface area contributed by atoms with Crippen molar-refractivity contribution < 1.29 is 14.5 Å². The van der Waals surface area contributed by atoms with E-state index in [1.807, 2.05) is 25.7 Å². The summed E-state index contributed by atoms with van der Waals surface area (Å²) in [4.78, 5) is 28.4. The maximum Gasteiger partial charge on any atom is 0.407 e. The van der Waals surface area contributed by atoms with E-state index in [1.54, 1.807) is 12.1 Å². The molecule has 1 aliphatic rings. The van der Waals surface area contributed by atoms with Crippen LogP contribution in [0.4, 0.5) is 16.4 Å². The van der Waals surface area contributed by atoms with E-state index in [2.05, 4.69) is 17.2 Å².